The van der Waals surface area contributed by atoms with E-state index in [0.717, 1.165) is 11.3 Å². The fourth-order valence-electron chi connectivity index (χ4n) is 2.03. The lowest BCUT2D eigenvalue weighted by Gasteiger charge is -2.16. The van der Waals surface area contributed by atoms with Gasteiger partial charge in [0.05, 0.1) is 21.3 Å². The Hall–Kier alpha value is -2.36. The molecule has 0 aliphatic rings. The summed E-state index contributed by atoms with van der Waals surface area (Å²) < 4.78 is 21.9. The maximum absolute atomic E-state index is 5.90. The lowest BCUT2D eigenvalue weighted by Crippen LogP contribution is -1.97. The van der Waals surface area contributed by atoms with Gasteiger partial charge in [0, 0.05) is 5.56 Å². The molecule has 0 N–H and O–H groups in total. The smallest absolute Gasteiger partial charge is 0.170 e. The van der Waals surface area contributed by atoms with Gasteiger partial charge in [-0.05, 0) is 31.2 Å². The van der Waals surface area contributed by atoms with Crippen molar-refractivity contribution in [2.75, 3.05) is 21.3 Å². The zero-order chi connectivity index (χ0) is 14.5. The summed E-state index contributed by atoms with van der Waals surface area (Å²) >= 11 is 0. The first-order chi connectivity index (χ1) is 9.71. The third-order valence-electron chi connectivity index (χ3n) is 3.03. The minimum atomic E-state index is 0.621. The Kier molecular flexibility index (Phi) is 4.35. The molecule has 0 aromatic heterocycles. The van der Waals surface area contributed by atoms with Gasteiger partial charge in [-0.3, -0.25) is 0 Å². The Balaban J connectivity index is 2.41. The molecule has 106 valence electrons. The molecule has 0 saturated heterocycles. The molecule has 0 unspecified atom stereocenters. The SMILES string of the molecule is COc1ccccc1Oc1ccc(OC)c(C)c1OC. The van der Waals surface area contributed by atoms with Gasteiger partial charge < -0.3 is 18.9 Å². The average Bonchev–Trinajstić information content (AvgIpc) is 2.48. The third kappa shape index (κ3) is 2.64. The van der Waals surface area contributed by atoms with Gasteiger partial charge >= 0.3 is 0 Å². The standard InChI is InChI=1S/C16H18O4/c1-11-12(17-2)9-10-15(16(11)19-4)20-14-8-6-5-7-13(14)18-3/h5-10H,1-4H3. The van der Waals surface area contributed by atoms with E-state index in [2.05, 4.69) is 0 Å². The molecule has 0 fully saturated rings. The predicted molar refractivity (Wildman–Crippen MR) is 77.4 cm³/mol. The molecule has 0 saturated carbocycles. The second-order valence-electron chi connectivity index (χ2n) is 4.18. The lowest BCUT2D eigenvalue weighted by atomic mass is 10.2. The Morgan fingerprint density at radius 1 is 0.650 bits per heavy atom. The molecule has 2 rings (SSSR count). The molecule has 0 bridgehead atoms. The van der Waals surface area contributed by atoms with Crippen molar-refractivity contribution in [3.05, 3.63) is 42.0 Å². The summed E-state index contributed by atoms with van der Waals surface area (Å²) in [6, 6.07) is 11.1. The number of hydrogen-bond acceptors (Lipinski definition) is 4. The Morgan fingerprint density at radius 2 is 1.25 bits per heavy atom. The molecule has 0 amide bonds. The van der Waals surface area contributed by atoms with Gasteiger partial charge in [0.1, 0.15) is 5.75 Å². The Morgan fingerprint density at radius 3 is 1.85 bits per heavy atom. The van der Waals surface area contributed by atoms with Crippen LogP contribution in [0.1, 0.15) is 5.56 Å². The number of rotatable bonds is 5. The second-order valence-corrected chi connectivity index (χ2v) is 4.18. The van der Waals surface area contributed by atoms with Gasteiger partial charge in [-0.15, -0.1) is 0 Å². The van der Waals surface area contributed by atoms with Crippen LogP contribution in [0, 0.1) is 6.92 Å². The van der Waals surface area contributed by atoms with Crippen LogP contribution >= 0.6 is 0 Å². The van der Waals surface area contributed by atoms with E-state index in [9.17, 15) is 0 Å². The predicted octanol–water partition coefficient (Wildman–Crippen LogP) is 3.81. The van der Waals surface area contributed by atoms with Crippen LogP contribution in [0.2, 0.25) is 0 Å². The minimum Gasteiger partial charge on any atom is -0.496 e. The van der Waals surface area contributed by atoms with Crippen LogP contribution in [0.15, 0.2) is 36.4 Å². The topological polar surface area (TPSA) is 36.9 Å². The van der Waals surface area contributed by atoms with Crippen molar-refractivity contribution in [2.45, 2.75) is 6.92 Å². The molecule has 0 atom stereocenters. The van der Waals surface area contributed by atoms with E-state index in [0.29, 0.717) is 23.0 Å². The highest BCUT2D eigenvalue weighted by molar-refractivity contribution is 5.55. The average molecular weight is 274 g/mol. The summed E-state index contributed by atoms with van der Waals surface area (Å²) in [5.74, 6) is 3.33. The van der Waals surface area contributed by atoms with E-state index in [1.54, 1.807) is 21.3 Å². The van der Waals surface area contributed by atoms with Crippen molar-refractivity contribution in [2.24, 2.45) is 0 Å². The summed E-state index contributed by atoms with van der Waals surface area (Å²) in [5, 5.41) is 0. The number of ether oxygens (including phenoxy) is 4. The van der Waals surface area contributed by atoms with E-state index in [4.69, 9.17) is 18.9 Å². The molecule has 2 aromatic rings. The zero-order valence-electron chi connectivity index (χ0n) is 12.1. The van der Waals surface area contributed by atoms with Crippen molar-refractivity contribution < 1.29 is 18.9 Å². The largest absolute Gasteiger partial charge is 0.496 e. The van der Waals surface area contributed by atoms with Crippen LogP contribution in [0.3, 0.4) is 0 Å². The Labute approximate surface area is 118 Å². The minimum absolute atomic E-state index is 0.621. The zero-order valence-corrected chi connectivity index (χ0v) is 12.1. The summed E-state index contributed by atoms with van der Waals surface area (Å²) in [7, 11) is 4.85. The number of benzene rings is 2. The first-order valence-corrected chi connectivity index (χ1v) is 6.23. The molecule has 4 heteroatoms. The van der Waals surface area contributed by atoms with E-state index in [1.165, 1.54) is 0 Å². The summed E-state index contributed by atoms with van der Waals surface area (Å²) in [4.78, 5) is 0. The first kappa shape index (κ1) is 14.1. The van der Waals surface area contributed by atoms with Crippen LogP contribution in [0.25, 0.3) is 0 Å². The van der Waals surface area contributed by atoms with Crippen molar-refractivity contribution in [1.82, 2.24) is 0 Å². The fourth-order valence-corrected chi connectivity index (χ4v) is 2.03. The van der Waals surface area contributed by atoms with Crippen LogP contribution in [-0.2, 0) is 0 Å². The van der Waals surface area contributed by atoms with Gasteiger partial charge in [0.25, 0.3) is 0 Å². The highest BCUT2D eigenvalue weighted by Crippen LogP contribution is 2.40. The molecular weight excluding hydrogens is 256 g/mol. The molecule has 0 aliphatic heterocycles. The summed E-state index contributed by atoms with van der Waals surface area (Å²) in [6.45, 7) is 1.92. The maximum Gasteiger partial charge on any atom is 0.170 e. The Bertz CT molecular complexity index is 593. The van der Waals surface area contributed by atoms with Crippen LogP contribution < -0.4 is 18.9 Å². The first-order valence-electron chi connectivity index (χ1n) is 6.23. The normalized spacial score (nSPS) is 10.0. The highest BCUT2D eigenvalue weighted by Gasteiger charge is 2.14. The molecule has 0 heterocycles. The van der Waals surface area contributed by atoms with E-state index in [-0.39, 0.29) is 0 Å². The van der Waals surface area contributed by atoms with E-state index >= 15 is 0 Å². The fraction of sp³-hybridized carbons (Fsp3) is 0.250. The molecule has 0 spiro atoms. The van der Waals surface area contributed by atoms with Gasteiger partial charge in [0.2, 0.25) is 0 Å². The van der Waals surface area contributed by atoms with Crippen molar-refractivity contribution >= 4 is 0 Å². The van der Waals surface area contributed by atoms with Crippen LogP contribution in [0.4, 0.5) is 0 Å². The quantitative estimate of drug-likeness (QED) is 0.830. The molecule has 4 nitrogen and oxygen atoms in total. The summed E-state index contributed by atoms with van der Waals surface area (Å²) in [6.07, 6.45) is 0. The second kappa shape index (κ2) is 6.19. The molecule has 20 heavy (non-hydrogen) atoms. The van der Waals surface area contributed by atoms with Crippen molar-refractivity contribution in [1.29, 1.82) is 0 Å². The van der Waals surface area contributed by atoms with Crippen molar-refractivity contribution in [3.63, 3.8) is 0 Å². The van der Waals surface area contributed by atoms with Crippen LogP contribution in [0.5, 0.6) is 28.7 Å². The number of para-hydroxylation sites is 2. The molecule has 0 radical (unpaired) electrons. The highest BCUT2D eigenvalue weighted by atomic mass is 16.5. The van der Waals surface area contributed by atoms with Gasteiger partial charge in [-0.2, -0.15) is 0 Å². The lowest BCUT2D eigenvalue weighted by molar-refractivity contribution is 0.349. The number of hydrogen-bond donors (Lipinski definition) is 0. The van der Waals surface area contributed by atoms with E-state index < -0.39 is 0 Å². The van der Waals surface area contributed by atoms with Crippen molar-refractivity contribution in [3.8, 4) is 28.7 Å². The third-order valence-corrected chi connectivity index (χ3v) is 3.03. The van der Waals surface area contributed by atoms with Crippen LogP contribution in [-0.4, -0.2) is 21.3 Å². The van der Waals surface area contributed by atoms with Gasteiger partial charge in [0.15, 0.2) is 23.0 Å². The van der Waals surface area contributed by atoms with E-state index in [1.807, 2.05) is 43.3 Å². The monoisotopic (exact) mass is 274 g/mol. The van der Waals surface area contributed by atoms with Gasteiger partial charge in [-0.25, -0.2) is 0 Å². The maximum atomic E-state index is 5.90. The summed E-state index contributed by atoms with van der Waals surface area (Å²) in [5.41, 5.74) is 0.891. The van der Waals surface area contributed by atoms with Gasteiger partial charge in [-0.1, -0.05) is 12.1 Å². The number of methoxy groups -OCH3 is 3. The molecule has 0 aliphatic carbocycles. The molecular formula is C16H18O4. The molecule has 2 aromatic carbocycles.